The molecule has 6 heteroatoms. The fourth-order valence-electron chi connectivity index (χ4n) is 1.42. The molecule has 0 aromatic carbocycles. The Labute approximate surface area is 106 Å². The van der Waals surface area contributed by atoms with Crippen molar-refractivity contribution in [3.8, 4) is 0 Å². The first-order chi connectivity index (χ1) is 8.23. The summed E-state index contributed by atoms with van der Waals surface area (Å²) in [5.74, 6) is -0.902. The van der Waals surface area contributed by atoms with Crippen LogP contribution in [0.1, 0.15) is 46.5 Å². The molecule has 0 aromatic heterocycles. The molecule has 0 heterocycles. The Morgan fingerprint density at radius 1 is 1.17 bits per heavy atom. The number of ether oxygens (including phenoxy) is 2. The highest BCUT2D eigenvalue weighted by Crippen LogP contribution is 2.27. The Morgan fingerprint density at radius 2 is 1.78 bits per heavy atom. The van der Waals surface area contributed by atoms with E-state index in [4.69, 9.17) is 4.74 Å². The average molecular weight is 270 g/mol. The highest BCUT2D eigenvalue weighted by Gasteiger charge is 2.41. The zero-order chi connectivity index (χ0) is 14.2. The molecule has 0 spiro atoms. The maximum atomic E-state index is 12.5. The second-order valence-electron chi connectivity index (χ2n) is 4.41. The summed E-state index contributed by atoms with van der Waals surface area (Å²) in [6, 6.07) is 0. The van der Waals surface area contributed by atoms with Crippen LogP contribution >= 0.6 is 0 Å². The van der Waals surface area contributed by atoms with E-state index in [1.54, 1.807) is 0 Å². The van der Waals surface area contributed by atoms with Gasteiger partial charge in [-0.15, -0.1) is 0 Å². The van der Waals surface area contributed by atoms with Gasteiger partial charge in [-0.25, -0.2) is 0 Å². The Hall–Kier alpha value is -0.780. The molecule has 0 aliphatic rings. The minimum Gasteiger partial charge on any atom is -0.453 e. The maximum Gasteiger partial charge on any atom is 0.425 e. The first-order valence-corrected chi connectivity index (χ1v) is 6.09. The summed E-state index contributed by atoms with van der Waals surface area (Å²) in [6.45, 7) is 5.33. The van der Waals surface area contributed by atoms with Crippen molar-refractivity contribution in [1.82, 2.24) is 0 Å². The first-order valence-electron chi connectivity index (χ1n) is 6.09. The van der Waals surface area contributed by atoms with Crippen molar-refractivity contribution in [2.24, 2.45) is 0 Å². The van der Waals surface area contributed by atoms with Gasteiger partial charge in [-0.2, -0.15) is 13.2 Å². The highest BCUT2D eigenvalue weighted by atomic mass is 19.4. The van der Waals surface area contributed by atoms with Crippen LogP contribution in [0.15, 0.2) is 0 Å². The zero-order valence-corrected chi connectivity index (χ0v) is 11.0. The van der Waals surface area contributed by atoms with Crippen LogP contribution in [0.5, 0.6) is 0 Å². The molecule has 1 unspecified atom stereocenters. The SMILES string of the molecule is CC(=O)OC(CCCCCOC(C)C)C(F)(F)F. The fourth-order valence-corrected chi connectivity index (χ4v) is 1.42. The molecule has 0 bridgehead atoms. The minimum absolute atomic E-state index is 0.133. The molecule has 0 amide bonds. The van der Waals surface area contributed by atoms with Gasteiger partial charge in [0.1, 0.15) is 0 Å². The lowest BCUT2D eigenvalue weighted by Crippen LogP contribution is -2.33. The summed E-state index contributed by atoms with van der Waals surface area (Å²) in [6.07, 6.45) is -4.83. The van der Waals surface area contributed by atoms with E-state index >= 15 is 0 Å². The molecule has 0 radical (unpaired) electrons. The van der Waals surface area contributed by atoms with Gasteiger partial charge < -0.3 is 9.47 Å². The van der Waals surface area contributed by atoms with E-state index in [9.17, 15) is 18.0 Å². The average Bonchev–Trinajstić information content (AvgIpc) is 2.18. The molecule has 3 nitrogen and oxygen atoms in total. The van der Waals surface area contributed by atoms with Crippen LogP contribution in [-0.2, 0) is 14.3 Å². The van der Waals surface area contributed by atoms with Crippen molar-refractivity contribution in [3.63, 3.8) is 0 Å². The molecule has 18 heavy (non-hydrogen) atoms. The summed E-state index contributed by atoms with van der Waals surface area (Å²) < 4.78 is 46.9. The van der Waals surface area contributed by atoms with E-state index in [1.165, 1.54) is 0 Å². The van der Waals surface area contributed by atoms with Crippen LogP contribution < -0.4 is 0 Å². The monoisotopic (exact) mass is 270 g/mol. The highest BCUT2D eigenvalue weighted by molar-refractivity contribution is 5.66. The van der Waals surface area contributed by atoms with Crippen LogP contribution in [0, 0.1) is 0 Å². The van der Waals surface area contributed by atoms with Gasteiger partial charge in [0, 0.05) is 13.5 Å². The fraction of sp³-hybridized carbons (Fsp3) is 0.917. The third kappa shape index (κ3) is 9.27. The van der Waals surface area contributed by atoms with Gasteiger partial charge in [-0.3, -0.25) is 4.79 Å². The molecule has 0 aliphatic carbocycles. The predicted octanol–water partition coefficient (Wildman–Crippen LogP) is 3.47. The van der Waals surface area contributed by atoms with Crippen LogP contribution in [0.2, 0.25) is 0 Å². The van der Waals surface area contributed by atoms with E-state index in [1.807, 2.05) is 13.8 Å². The van der Waals surface area contributed by atoms with E-state index in [0.717, 1.165) is 6.92 Å². The Morgan fingerprint density at radius 3 is 2.22 bits per heavy atom. The van der Waals surface area contributed by atoms with E-state index in [2.05, 4.69) is 4.74 Å². The zero-order valence-electron chi connectivity index (χ0n) is 11.0. The van der Waals surface area contributed by atoms with Gasteiger partial charge in [-0.1, -0.05) is 6.42 Å². The lowest BCUT2D eigenvalue weighted by atomic mass is 10.1. The molecule has 0 fully saturated rings. The second kappa shape index (κ2) is 8.34. The summed E-state index contributed by atoms with van der Waals surface area (Å²) in [5.41, 5.74) is 0. The normalized spacial score (nSPS) is 13.7. The smallest absolute Gasteiger partial charge is 0.425 e. The van der Waals surface area contributed by atoms with Gasteiger partial charge in [0.25, 0.3) is 0 Å². The number of alkyl halides is 3. The maximum absolute atomic E-state index is 12.5. The standard InChI is InChI=1S/C12H21F3O3/c1-9(2)17-8-6-4-5-7-11(12(13,14)15)18-10(3)16/h9,11H,4-8H2,1-3H3. The predicted molar refractivity (Wildman–Crippen MR) is 61.2 cm³/mol. The van der Waals surface area contributed by atoms with Crippen molar-refractivity contribution in [2.75, 3.05) is 6.61 Å². The second-order valence-corrected chi connectivity index (χ2v) is 4.41. The summed E-state index contributed by atoms with van der Waals surface area (Å²) >= 11 is 0. The van der Waals surface area contributed by atoms with Crippen molar-refractivity contribution in [2.45, 2.75) is 64.8 Å². The molecule has 0 rings (SSSR count). The molecular formula is C12H21F3O3. The van der Waals surface area contributed by atoms with E-state index in [-0.39, 0.29) is 12.5 Å². The first kappa shape index (κ1) is 17.2. The van der Waals surface area contributed by atoms with Gasteiger partial charge in [0.05, 0.1) is 6.10 Å². The molecule has 0 N–H and O–H groups in total. The number of esters is 1. The lowest BCUT2D eigenvalue weighted by molar-refractivity contribution is -0.221. The number of hydrogen-bond donors (Lipinski definition) is 0. The lowest BCUT2D eigenvalue weighted by Gasteiger charge is -2.19. The van der Waals surface area contributed by atoms with Gasteiger partial charge in [0.2, 0.25) is 0 Å². The van der Waals surface area contributed by atoms with Gasteiger partial charge in [-0.05, 0) is 33.1 Å². The Kier molecular flexibility index (Phi) is 7.98. The van der Waals surface area contributed by atoms with Crippen LogP contribution in [0.25, 0.3) is 0 Å². The number of rotatable bonds is 8. The molecule has 0 aromatic rings. The minimum atomic E-state index is -4.49. The summed E-state index contributed by atoms with van der Waals surface area (Å²) in [4.78, 5) is 10.6. The molecule has 0 saturated heterocycles. The number of halogens is 3. The summed E-state index contributed by atoms with van der Waals surface area (Å²) in [7, 11) is 0. The third-order valence-corrected chi connectivity index (χ3v) is 2.24. The number of carbonyl (C=O) groups excluding carboxylic acids is 1. The van der Waals surface area contributed by atoms with Crippen molar-refractivity contribution in [1.29, 1.82) is 0 Å². The number of carbonyl (C=O) groups is 1. The van der Waals surface area contributed by atoms with Gasteiger partial charge in [0.15, 0.2) is 6.10 Å². The van der Waals surface area contributed by atoms with Crippen LogP contribution in [-0.4, -0.2) is 31.0 Å². The quantitative estimate of drug-likeness (QED) is 0.500. The summed E-state index contributed by atoms with van der Waals surface area (Å²) in [5, 5.41) is 0. The van der Waals surface area contributed by atoms with E-state index < -0.39 is 18.2 Å². The number of hydrogen-bond acceptors (Lipinski definition) is 3. The van der Waals surface area contributed by atoms with Crippen molar-refractivity contribution in [3.05, 3.63) is 0 Å². The molecule has 0 saturated carbocycles. The molecule has 108 valence electrons. The van der Waals surface area contributed by atoms with Crippen molar-refractivity contribution < 1.29 is 27.4 Å². The van der Waals surface area contributed by atoms with Crippen molar-refractivity contribution >= 4 is 5.97 Å². The van der Waals surface area contributed by atoms with Gasteiger partial charge >= 0.3 is 12.1 Å². The molecule has 1 atom stereocenters. The van der Waals surface area contributed by atoms with Crippen LogP contribution in [0.3, 0.4) is 0 Å². The molecular weight excluding hydrogens is 249 g/mol. The Bertz CT molecular complexity index is 239. The third-order valence-electron chi connectivity index (χ3n) is 2.24. The van der Waals surface area contributed by atoms with E-state index in [0.29, 0.717) is 25.9 Å². The Balaban J connectivity index is 3.81. The molecule has 0 aliphatic heterocycles. The van der Waals surface area contributed by atoms with Crippen LogP contribution in [0.4, 0.5) is 13.2 Å². The number of unbranched alkanes of at least 4 members (excludes halogenated alkanes) is 2. The largest absolute Gasteiger partial charge is 0.453 e. The topological polar surface area (TPSA) is 35.5 Å².